The van der Waals surface area contributed by atoms with E-state index in [0.717, 1.165) is 42.5 Å². The third-order valence-corrected chi connectivity index (χ3v) is 3.92. The maximum Gasteiger partial charge on any atom is 0.310 e. The number of aliphatic carboxylic acids is 1. The van der Waals surface area contributed by atoms with Gasteiger partial charge in [-0.15, -0.1) is 0 Å². The number of carboxylic acid groups (broad SMARTS) is 1. The summed E-state index contributed by atoms with van der Waals surface area (Å²) in [6.45, 7) is 1.69. The van der Waals surface area contributed by atoms with Gasteiger partial charge < -0.3 is 10.3 Å². The Labute approximate surface area is 112 Å². The zero-order valence-corrected chi connectivity index (χ0v) is 11.0. The quantitative estimate of drug-likeness (QED) is 0.646. The van der Waals surface area contributed by atoms with E-state index in [0.29, 0.717) is 5.92 Å². The fraction of sp³-hybridized carbons (Fsp3) is 0.467. The smallest absolute Gasteiger partial charge is 0.310 e. The van der Waals surface area contributed by atoms with Crippen LogP contribution in [0, 0.1) is 5.92 Å². The molecule has 0 amide bonds. The van der Waals surface area contributed by atoms with Crippen molar-refractivity contribution in [1.82, 2.24) is 0 Å². The van der Waals surface area contributed by atoms with Crippen molar-refractivity contribution in [3.05, 3.63) is 35.4 Å². The van der Waals surface area contributed by atoms with Crippen molar-refractivity contribution in [2.75, 3.05) is 0 Å². The maximum atomic E-state index is 10.9. The molecule has 1 saturated carbocycles. The van der Waals surface area contributed by atoms with Gasteiger partial charge in [0, 0.05) is 5.92 Å². The summed E-state index contributed by atoms with van der Waals surface area (Å²) in [5, 5.41) is 21.2. The largest absolute Gasteiger partial charge is 0.481 e. The number of nitrogens with zero attached hydrogens (tertiary/aromatic N) is 1. The molecule has 4 nitrogen and oxygen atoms in total. The number of hydrogen-bond donors (Lipinski definition) is 2. The zero-order chi connectivity index (χ0) is 13.8. The van der Waals surface area contributed by atoms with Gasteiger partial charge in [-0.2, -0.15) is 0 Å². The summed E-state index contributed by atoms with van der Waals surface area (Å²) in [6.07, 6.45) is 3.89. The molecule has 2 rings (SSSR count). The van der Waals surface area contributed by atoms with Gasteiger partial charge in [-0.25, -0.2) is 0 Å². The van der Waals surface area contributed by atoms with E-state index in [1.54, 1.807) is 6.92 Å². The van der Waals surface area contributed by atoms with Crippen molar-refractivity contribution < 1.29 is 15.1 Å². The topological polar surface area (TPSA) is 69.9 Å². The maximum absolute atomic E-state index is 10.9. The molecule has 2 atom stereocenters. The second-order valence-electron chi connectivity index (χ2n) is 5.19. The van der Waals surface area contributed by atoms with Crippen LogP contribution in [0.3, 0.4) is 0 Å². The average Bonchev–Trinajstić information content (AvgIpc) is 2.86. The molecule has 2 N–H and O–H groups in total. The minimum Gasteiger partial charge on any atom is -0.481 e. The van der Waals surface area contributed by atoms with E-state index in [4.69, 9.17) is 10.3 Å². The standard InChI is InChI=1S/C15H19NO3/c1-10(15(17)18)12-7-5-11(6-8-12)9-13-3-2-4-14(13)16-19/h5-8,10,13,19H,2-4,9H2,1H3,(H,17,18). The van der Waals surface area contributed by atoms with Crippen molar-refractivity contribution in [2.45, 2.75) is 38.5 Å². The fourth-order valence-electron chi connectivity index (χ4n) is 2.62. The molecule has 1 aromatic carbocycles. The lowest BCUT2D eigenvalue weighted by Gasteiger charge is -2.11. The highest BCUT2D eigenvalue weighted by atomic mass is 16.4. The van der Waals surface area contributed by atoms with Gasteiger partial charge >= 0.3 is 5.97 Å². The number of carbonyl (C=O) groups is 1. The molecular formula is C15H19NO3. The molecule has 1 fully saturated rings. The van der Waals surface area contributed by atoms with Crippen LogP contribution in [0.5, 0.6) is 0 Å². The number of benzene rings is 1. The summed E-state index contributed by atoms with van der Waals surface area (Å²) >= 11 is 0. The first kappa shape index (κ1) is 13.6. The lowest BCUT2D eigenvalue weighted by molar-refractivity contribution is -0.138. The number of rotatable bonds is 4. The van der Waals surface area contributed by atoms with Gasteiger partial charge in [0.05, 0.1) is 11.6 Å². The lowest BCUT2D eigenvalue weighted by Crippen LogP contribution is -2.11. The molecule has 0 saturated heterocycles. The molecule has 1 aliphatic carbocycles. The number of carboxylic acids is 1. The highest BCUT2D eigenvalue weighted by molar-refractivity contribution is 5.88. The third kappa shape index (κ3) is 3.13. The Bertz CT molecular complexity index is 479. The SMILES string of the molecule is CC(C(=O)O)c1ccc(CC2CCCC2=NO)cc1. The molecule has 4 heteroatoms. The zero-order valence-electron chi connectivity index (χ0n) is 11.0. The molecule has 19 heavy (non-hydrogen) atoms. The molecule has 0 aliphatic heterocycles. The minimum absolute atomic E-state index is 0.327. The minimum atomic E-state index is -0.807. The van der Waals surface area contributed by atoms with E-state index in [-0.39, 0.29) is 0 Å². The van der Waals surface area contributed by atoms with Crippen LogP contribution >= 0.6 is 0 Å². The Balaban J connectivity index is 2.05. The summed E-state index contributed by atoms with van der Waals surface area (Å²) in [7, 11) is 0. The lowest BCUT2D eigenvalue weighted by atomic mass is 9.94. The predicted octanol–water partition coefficient (Wildman–Crippen LogP) is 3.05. The molecule has 1 aromatic rings. The first-order valence-electron chi connectivity index (χ1n) is 6.64. The number of hydrogen-bond acceptors (Lipinski definition) is 3. The molecule has 1 aliphatic rings. The molecule has 0 radical (unpaired) electrons. The molecule has 102 valence electrons. The van der Waals surface area contributed by atoms with E-state index >= 15 is 0 Å². The summed E-state index contributed by atoms with van der Waals surface area (Å²) in [5.74, 6) is -0.957. The van der Waals surface area contributed by atoms with Gasteiger partial charge in [-0.3, -0.25) is 4.79 Å². The second kappa shape index (κ2) is 5.87. The van der Waals surface area contributed by atoms with Crippen molar-refractivity contribution in [3.63, 3.8) is 0 Å². The predicted molar refractivity (Wildman–Crippen MR) is 72.8 cm³/mol. The average molecular weight is 261 g/mol. The molecular weight excluding hydrogens is 242 g/mol. The first-order valence-corrected chi connectivity index (χ1v) is 6.64. The van der Waals surface area contributed by atoms with Gasteiger partial charge in [0.25, 0.3) is 0 Å². The Morgan fingerprint density at radius 3 is 2.68 bits per heavy atom. The van der Waals surface area contributed by atoms with Crippen molar-refractivity contribution in [1.29, 1.82) is 0 Å². The van der Waals surface area contributed by atoms with E-state index in [1.165, 1.54) is 0 Å². The summed E-state index contributed by atoms with van der Waals surface area (Å²) < 4.78 is 0. The van der Waals surface area contributed by atoms with Crippen LogP contribution in [0.15, 0.2) is 29.4 Å². The molecule has 0 spiro atoms. The molecule has 0 heterocycles. The summed E-state index contributed by atoms with van der Waals surface area (Å²) in [5.41, 5.74) is 2.87. The van der Waals surface area contributed by atoms with Crippen molar-refractivity contribution >= 4 is 11.7 Å². The van der Waals surface area contributed by atoms with Crippen LogP contribution < -0.4 is 0 Å². The van der Waals surface area contributed by atoms with Gasteiger partial charge in [0.15, 0.2) is 0 Å². The van der Waals surface area contributed by atoms with Crippen LogP contribution in [-0.2, 0) is 11.2 Å². The highest BCUT2D eigenvalue weighted by Crippen LogP contribution is 2.26. The fourth-order valence-corrected chi connectivity index (χ4v) is 2.62. The van der Waals surface area contributed by atoms with E-state index in [2.05, 4.69) is 5.16 Å². The van der Waals surface area contributed by atoms with Crippen molar-refractivity contribution in [3.8, 4) is 0 Å². The molecule has 2 unspecified atom stereocenters. The van der Waals surface area contributed by atoms with Gasteiger partial charge in [0.2, 0.25) is 0 Å². The summed E-state index contributed by atoms with van der Waals surface area (Å²) in [6, 6.07) is 7.70. The van der Waals surface area contributed by atoms with Crippen LogP contribution in [0.2, 0.25) is 0 Å². The Morgan fingerprint density at radius 2 is 2.11 bits per heavy atom. The van der Waals surface area contributed by atoms with Gasteiger partial charge in [0.1, 0.15) is 0 Å². The van der Waals surface area contributed by atoms with Gasteiger partial charge in [-0.05, 0) is 43.7 Å². The Kier molecular flexibility index (Phi) is 4.20. The first-order chi connectivity index (χ1) is 9.11. The van der Waals surface area contributed by atoms with Crippen LogP contribution in [0.25, 0.3) is 0 Å². The van der Waals surface area contributed by atoms with Crippen LogP contribution in [0.1, 0.15) is 43.2 Å². The van der Waals surface area contributed by atoms with E-state index < -0.39 is 11.9 Å². The number of oxime groups is 1. The van der Waals surface area contributed by atoms with Crippen molar-refractivity contribution in [2.24, 2.45) is 11.1 Å². The van der Waals surface area contributed by atoms with Crippen LogP contribution in [0.4, 0.5) is 0 Å². The van der Waals surface area contributed by atoms with Gasteiger partial charge in [-0.1, -0.05) is 29.4 Å². The normalized spacial score (nSPS) is 22.6. The van der Waals surface area contributed by atoms with E-state index in [9.17, 15) is 4.79 Å². The monoisotopic (exact) mass is 261 g/mol. The Morgan fingerprint density at radius 1 is 1.42 bits per heavy atom. The molecule has 0 aromatic heterocycles. The Hall–Kier alpha value is -1.84. The third-order valence-electron chi connectivity index (χ3n) is 3.92. The molecule has 0 bridgehead atoms. The second-order valence-corrected chi connectivity index (χ2v) is 5.19. The van der Waals surface area contributed by atoms with Crippen LogP contribution in [-0.4, -0.2) is 22.0 Å². The highest BCUT2D eigenvalue weighted by Gasteiger charge is 2.23. The van der Waals surface area contributed by atoms with E-state index in [1.807, 2.05) is 24.3 Å². The summed E-state index contributed by atoms with van der Waals surface area (Å²) in [4.78, 5) is 10.9.